The lowest BCUT2D eigenvalue weighted by Crippen LogP contribution is -1.98. The maximum atomic E-state index is 6.10. The predicted octanol–water partition coefficient (Wildman–Crippen LogP) is 7.00. The zero-order valence-corrected chi connectivity index (χ0v) is 18.8. The first-order valence-electron chi connectivity index (χ1n) is 10.2. The van der Waals surface area contributed by atoms with Gasteiger partial charge in [0.1, 0.15) is 11.5 Å². The van der Waals surface area contributed by atoms with Gasteiger partial charge in [0.05, 0.1) is 11.0 Å². The number of anilines is 2. The molecule has 0 spiro atoms. The highest BCUT2D eigenvalue weighted by atomic mass is 79.9. The molecular formula is C24H25BrN4O. The summed E-state index contributed by atoms with van der Waals surface area (Å²) < 4.78 is 9.19. The van der Waals surface area contributed by atoms with Crippen LogP contribution in [0.1, 0.15) is 31.9 Å². The van der Waals surface area contributed by atoms with E-state index in [1.165, 1.54) is 12.8 Å². The Morgan fingerprint density at radius 1 is 1.00 bits per heavy atom. The summed E-state index contributed by atoms with van der Waals surface area (Å²) in [6, 6.07) is 17.9. The van der Waals surface area contributed by atoms with Gasteiger partial charge in [-0.1, -0.05) is 35.7 Å². The van der Waals surface area contributed by atoms with Crippen molar-refractivity contribution in [2.24, 2.45) is 7.05 Å². The van der Waals surface area contributed by atoms with Gasteiger partial charge < -0.3 is 14.6 Å². The van der Waals surface area contributed by atoms with Crippen molar-refractivity contribution >= 4 is 38.6 Å². The molecule has 0 radical (unpaired) electrons. The molecule has 0 saturated heterocycles. The molecule has 2 aromatic heterocycles. The summed E-state index contributed by atoms with van der Waals surface area (Å²) in [5, 5.41) is 3.37. The van der Waals surface area contributed by atoms with E-state index in [4.69, 9.17) is 9.72 Å². The van der Waals surface area contributed by atoms with Crippen molar-refractivity contribution in [3.8, 4) is 11.5 Å². The summed E-state index contributed by atoms with van der Waals surface area (Å²) in [6.07, 6.45) is 6.38. The van der Waals surface area contributed by atoms with E-state index in [-0.39, 0.29) is 0 Å². The Hall–Kier alpha value is -2.86. The Labute approximate surface area is 185 Å². The van der Waals surface area contributed by atoms with Crippen LogP contribution in [0.4, 0.5) is 11.6 Å². The Bertz CT molecular complexity index is 1140. The number of hydrogen-bond acceptors (Lipinski definition) is 4. The lowest BCUT2D eigenvalue weighted by molar-refractivity contribution is 0.481. The number of pyridine rings is 1. The lowest BCUT2D eigenvalue weighted by atomic mass is 10.1. The van der Waals surface area contributed by atoms with Crippen LogP contribution in [0.5, 0.6) is 11.5 Å². The number of rotatable bonds is 8. The molecule has 30 heavy (non-hydrogen) atoms. The fourth-order valence-corrected chi connectivity index (χ4v) is 3.63. The molecule has 0 aliphatic rings. The number of aryl methyl sites for hydroxylation is 2. The molecule has 0 atom stereocenters. The van der Waals surface area contributed by atoms with Gasteiger partial charge in [0, 0.05) is 41.2 Å². The average Bonchev–Trinajstić information content (AvgIpc) is 3.05. The number of aromatic nitrogens is 3. The van der Waals surface area contributed by atoms with Gasteiger partial charge in [-0.2, -0.15) is 0 Å². The van der Waals surface area contributed by atoms with Gasteiger partial charge in [0.2, 0.25) is 5.95 Å². The van der Waals surface area contributed by atoms with E-state index in [1.54, 1.807) is 0 Å². The molecule has 0 amide bonds. The van der Waals surface area contributed by atoms with Crippen LogP contribution >= 0.6 is 15.9 Å². The fourth-order valence-electron chi connectivity index (χ4n) is 3.37. The highest BCUT2D eigenvalue weighted by Crippen LogP contribution is 2.28. The predicted molar refractivity (Wildman–Crippen MR) is 126 cm³/mol. The van der Waals surface area contributed by atoms with Gasteiger partial charge in [0.25, 0.3) is 0 Å². The minimum absolute atomic E-state index is 0.765. The van der Waals surface area contributed by atoms with Crippen LogP contribution in [0.2, 0.25) is 0 Å². The third-order valence-corrected chi connectivity index (χ3v) is 5.54. The summed E-state index contributed by atoms with van der Waals surface area (Å²) in [4.78, 5) is 9.20. The summed E-state index contributed by atoms with van der Waals surface area (Å²) in [5.74, 6) is 2.35. The maximum Gasteiger partial charge on any atom is 0.208 e. The van der Waals surface area contributed by atoms with Crippen molar-refractivity contribution in [2.75, 3.05) is 5.32 Å². The summed E-state index contributed by atoms with van der Waals surface area (Å²) >= 11 is 3.46. The molecule has 0 aliphatic carbocycles. The number of hydrogen-bond donors (Lipinski definition) is 1. The molecule has 154 valence electrons. The standard InChI is InChI=1S/C24H25BrN4O/c1-3-4-5-6-19-15-21(13-14-26-19)30-20-11-12-23-22(16-20)28-24(29(23)2)27-18-9-7-17(25)8-10-18/h7-16H,3-6H2,1-2H3,(H,27,28). The molecular weight excluding hydrogens is 440 g/mol. The molecule has 0 unspecified atom stereocenters. The number of imidazole rings is 1. The van der Waals surface area contributed by atoms with Crippen LogP contribution in [-0.2, 0) is 13.5 Å². The van der Waals surface area contributed by atoms with Gasteiger partial charge in [-0.3, -0.25) is 4.98 Å². The molecule has 2 aromatic carbocycles. The van der Waals surface area contributed by atoms with Crippen molar-refractivity contribution < 1.29 is 4.74 Å². The smallest absolute Gasteiger partial charge is 0.208 e. The number of ether oxygens (including phenoxy) is 1. The minimum Gasteiger partial charge on any atom is -0.457 e. The summed E-state index contributed by atoms with van der Waals surface area (Å²) in [7, 11) is 2.00. The van der Waals surface area contributed by atoms with Gasteiger partial charge in [-0.05, 0) is 55.3 Å². The monoisotopic (exact) mass is 464 g/mol. The molecule has 6 heteroatoms. The SMILES string of the molecule is CCCCCc1cc(Oc2ccc3c(c2)nc(Nc2ccc(Br)cc2)n3C)ccn1. The lowest BCUT2D eigenvalue weighted by Gasteiger charge is -2.08. The van der Waals surface area contributed by atoms with Gasteiger partial charge in [-0.15, -0.1) is 0 Å². The second-order valence-corrected chi connectivity index (χ2v) is 8.23. The number of fused-ring (bicyclic) bond motifs is 1. The van der Waals surface area contributed by atoms with E-state index < -0.39 is 0 Å². The number of nitrogens with one attached hydrogen (secondary N) is 1. The zero-order valence-electron chi connectivity index (χ0n) is 17.2. The van der Waals surface area contributed by atoms with E-state index in [0.717, 1.165) is 57.2 Å². The molecule has 1 N–H and O–H groups in total. The van der Waals surface area contributed by atoms with E-state index in [1.807, 2.05) is 72.4 Å². The van der Waals surface area contributed by atoms with Crippen LogP contribution in [-0.4, -0.2) is 14.5 Å². The minimum atomic E-state index is 0.765. The topological polar surface area (TPSA) is 52.0 Å². The number of nitrogens with zero attached hydrogens (tertiary/aromatic N) is 3. The molecule has 4 rings (SSSR count). The van der Waals surface area contributed by atoms with Crippen LogP contribution in [0, 0.1) is 0 Å². The largest absolute Gasteiger partial charge is 0.457 e. The van der Waals surface area contributed by atoms with E-state index in [0.29, 0.717) is 0 Å². The Morgan fingerprint density at radius 3 is 2.60 bits per heavy atom. The maximum absolute atomic E-state index is 6.10. The number of unbranched alkanes of at least 4 members (excludes halogenated alkanes) is 2. The first-order chi connectivity index (χ1) is 14.6. The fraction of sp³-hybridized carbons (Fsp3) is 0.250. The molecule has 0 saturated carbocycles. The highest BCUT2D eigenvalue weighted by molar-refractivity contribution is 9.10. The number of benzene rings is 2. The van der Waals surface area contributed by atoms with Crippen molar-refractivity contribution in [3.05, 3.63) is 71.0 Å². The molecule has 5 nitrogen and oxygen atoms in total. The Morgan fingerprint density at radius 2 is 1.80 bits per heavy atom. The molecule has 0 aliphatic heterocycles. The summed E-state index contributed by atoms with van der Waals surface area (Å²) in [5.41, 5.74) is 3.98. The first kappa shape index (κ1) is 20.4. The van der Waals surface area contributed by atoms with E-state index in [9.17, 15) is 0 Å². The Balaban J connectivity index is 1.52. The zero-order chi connectivity index (χ0) is 20.9. The molecule has 2 heterocycles. The third-order valence-electron chi connectivity index (χ3n) is 5.01. The van der Waals surface area contributed by atoms with Crippen molar-refractivity contribution in [1.82, 2.24) is 14.5 Å². The molecule has 4 aromatic rings. The molecule has 0 fully saturated rings. The summed E-state index contributed by atoms with van der Waals surface area (Å²) in [6.45, 7) is 2.21. The van der Waals surface area contributed by atoms with E-state index in [2.05, 4.69) is 33.2 Å². The van der Waals surface area contributed by atoms with Crippen LogP contribution in [0.25, 0.3) is 11.0 Å². The van der Waals surface area contributed by atoms with Crippen molar-refractivity contribution in [1.29, 1.82) is 0 Å². The van der Waals surface area contributed by atoms with Gasteiger partial charge in [0.15, 0.2) is 0 Å². The van der Waals surface area contributed by atoms with Crippen molar-refractivity contribution in [2.45, 2.75) is 32.6 Å². The van der Waals surface area contributed by atoms with E-state index >= 15 is 0 Å². The van der Waals surface area contributed by atoms with Crippen LogP contribution in [0.15, 0.2) is 65.3 Å². The molecule has 0 bridgehead atoms. The quantitative estimate of drug-likeness (QED) is 0.285. The third kappa shape index (κ3) is 4.82. The van der Waals surface area contributed by atoms with Crippen LogP contribution < -0.4 is 10.1 Å². The number of halogens is 1. The average molecular weight is 465 g/mol. The van der Waals surface area contributed by atoms with Crippen LogP contribution in [0.3, 0.4) is 0 Å². The first-order valence-corrected chi connectivity index (χ1v) is 11.0. The van der Waals surface area contributed by atoms with Gasteiger partial charge >= 0.3 is 0 Å². The highest BCUT2D eigenvalue weighted by Gasteiger charge is 2.10. The van der Waals surface area contributed by atoms with Crippen molar-refractivity contribution in [3.63, 3.8) is 0 Å². The van der Waals surface area contributed by atoms with Gasteiger partial charge in [-0.25, -0.2) is 4.98 Å². The second-order valence-electron chi connectivity index (χ2n) is 7.32. The Kier molecular flexibility index (Phi) is 6.33. The second kappa shape index (κ2) is 9.30. The normalized spacial score (nSPS) is 11.0.